The summed E-state index contributed by atoms with van der Waals surface area (Å²) in [6, 6.07) is 0. The van der Waals surface area contributed by atoms with E-state index < -0.39 is 66.7 Å². The Hall–Kier alpha value is -3.39. The summed E-state index contributed by atoms with van der Waals surface area (Å²) in [4.78, 5) is 75.0. The second kappa shape index (κ2) is 14.7. The molecular weight excluding hydrogens is 654 g/mol. The van der Waals surface area contributed by atoms with Crippen molar-refractivity contribution in [2.24, 2.45) is 40.4 Å². The van der Waals surface area contributed by atoms with Crippen molar-refractivity contribution in [1.29, 1.82) is 5.41 Å². The Labute approximate surface area is 292 Å². The van der Waals surface area contributed by atoms with Crippen molar-refractivity contribution >= 4 is 41.3 Å². The van der Waals surface area contributed by atoms with Gasteiger partial charge in [-0.15, -0.1) is 0 Å². The largest absolute Gasteiger partial charge is 0.467 e. The van der Waals surface area contributed by atoms with Crippen LogP contribution in [0.2, 0.25) is 0 Å². The molecule has 278 valence electrons. The molecule has 0 aromatic carbocycles. The van der Waals surface area contributed by atoms with Crippen LogP contribution in [0.15, 0.2) is 0 Å². The lowest BCUT2D eigenvalue weighted by molar-refractivity contribution is -0.314. The molecular formula is C36H51NO13. The first kappa shape index (κ1) is 37.9. The first-order valence-corrected chi connectivity index (χ1v) is 17.6. The molecule has 14 nitrogen and oxygen atoms in total. The molecule has 5 fully saturated rings. The number of hydrogen-bond acceptors (Lipinski definition) is 14. The quantitative estimate of drug-likeness (QED) is 0.159. The van der Waals surface area contributed by atoms with Crippen molar-refractivity contribution in [3.63, 3.8) is 0 Å². The third-order valence-electron chi connectivity index (χ3n) is 12.3. The number of nitrogens with one attached hydrogen (secondary N) is 1. The summed E-state index contributed by atoms with van der Waals surface area (Å²) in [6.45, 7) is 9.08. The first-order chi connectivity index (χ1) is 23.5. The lowest BCUT2D eigenvalue weighted by Crippen LogP contribution is -2.64. The number of esters is 5. The standard InChI is InChI=1S/C36H51NO13/c1-17(38)45-16-26(37)25-11-10-24-23-9-8-21-14-22(12-13-35(21,5)28(23)27(42)15-36(24,25)6)49-34-32(48-20(4)41)30(47-19(3)40)29(46-18(2)39)31(50-34)33(43)44-7/h21-25,28-32,34,37H,8-16H2,1-7H3/t21-,22-,23+,24+,25-,28-,29+,30+,31+,32-,34-,35+,36+/m1/s1. The fraction of sp³-hybridized carbons (Fsp3) is 0.806. The Morgan fingerprint density at radius 3 is 2.08 bits per heavy atom. The Morgan fingerprint density at radius 1 is 0.820 bits per heavy atom. The Bertz CT molecular complexity index is 1400. The number of carbonyl (C=O) groups is 6. The first-order valence-electron chi connectivity index (χ1n) is 17.6. The van der Waals surface area contributed by atoms with E-state index in [0.717, 1.165) is 46.6 Å². The van der Waals surface area contributed by atoms with E-state index in [9.17, 15) is 28.8 Å². The molecule has 1 aliphatic heterocycles. The van der Waals surface area contributed by atoms with Gasteiger partial charge in [0.05, 0.1) is 18.9 Å². The maximum absolute atomic E-state index is 14.2. The van der Waals surface area contributed by atoms with Gasteiger partial charge in [-0.3, -0.25) is 24.0 Å². The summed E-state index contributed by atoms with van der Waals surface area (Å²) in [6.07, 6.45) is -1.85. The van der Waals surface area contributed by atoms with E-state index in [1.54, 1.807) is 0 Å². The van der Waals surface area contributed by atoms with Gasteiger partial charge in [0.15, 0.2) is 30.7 Å². The van der Waals surface area contributed by atoms with Gasteiger partial charge in [-0.2, -0.15) is 0 Å². The molecule has 0 aromatic heterocycles. The summed E-state index contributed by atoms with van der Waals surface area (Å²) < 4.78 is 39.0. The van der Waals surface area contributed by atoms with E-state index in [1.165, 1.54) is 13.8 Å². The predicted octanol–water partition coefficient (Wildman–Crippen LogP) is 3.49. The minimum atomic E-state index is -1.53. The van der Waals surface area contributed by atoms with Crippen molar-refractivity contribution in [2.45, 2.75) is 130 Å². The molecule has 0 amide bonds. The zero-order chi connectivity index (χ0) is 36.7. The molecule has 1 saturated heterocycles. The maximum atomic E-state index is 14.2. The van der Waals surface area contributed by atoms with Crippen molar-refractivity contribution < 1.29 is 61.9 Å². The van der Waals surface area contributed by atoms with Gasteiger partial charge in [0.25, 0.3) is 0 Å². The summed E-state index contributed by atoms with van der Waals surface area (Å²) >= 11 is 0. The summed E-state index contributed by atoms with van der Waals surface area (Å²) in [5, 5.41) is 8.71. The van der Waals surface area contributed by atoms with Crippen LogP contribution in [0.1, 0.15) is 92.9 Å². The van der Waals surface area contributed by atoms with Gasteiger partial charge in [-0.25, -0.2) is 4.79 Å². The molecule has 1 heterocycles. The minimum absolute atomic E-state index is 0.0405. The van der Waals surface area contributed by atoms with Gasteiger partial charge in [0, 0.05) is 46.0 Å². The Morgan fingerprint density at radius 2 is 1.46 bits per heavy atom. The van der Waals surface area contributed by atoms with E-state index >= 15 is 0 Å². The maximum Gasteiger partial charge on any atom is 0.339 e. The zero-order valence-corrected chi connectivity index (χ0v) is 30.0. The van der Waals surface area contributed by atoms with Gasteiger partial charge < -0.3 is 38.6 Å². The van der Waals surface area contributed by atoms with Gasteiger partial charge in [0.2, 0.25) is 0 Å². The molecule has 4 saturated carbocycles. The third-order valence-corrected chi connectivity index (χ3v) is 12.3. The molecule has 5 aliphatic rings. The predicted molar refractivity (Wildman–Crippen MR) is 172 cm³/mol. The molecule has 0 bridgehead atoms. The van der Waals surface area contributed by atoms with E-state index in [2.05, 4.69) is 13.8 Å². The van der Waals surface area contributed by atoms with E-state index in [-0.39, 0.29) is 46.9 Å². The van der Waals surface area contributed by atoms with Crippen LogP contribution in [0.25, 0.3) is 0 Å². The zero-order valence-electron chi connectivity index (χ0n) is 30.0. The fourth-order valence-electron chi connectivity index (χ4n) is 10.4. The monoisotopic (exact) mass is 705 g/mol. The molecule has 0 spiro atoms. The number of methoxy groups -OCH3 is 1. The topological polar surface area (TPSA) is 191 Å². The number of ketones is 1. The molecule has 0 aromatic rings. The van der Waals surface area contributed by atoms with Crippen LogP contribution < -0.4 is 0 Å². The Kier molecular flexibility index (Phi) is 11.1. The van der Waals surface area contributed by atoms with Crippen LogP contribution in [0, 0.1) is 45.8 Å². The van der Waals surface area contributed by atoms with Crippen LogP contribution in [-0.2, 0) is 61.9 Å². The number of Topliss-reactive ketones (excluding diaryl/α,β-unsaturated/α-hetero) is 1. The molecule has 13 atom stereocenters. The average molecular weight is 706 g/mol. The SMILES string of the molecule is COC(=O)[C@H]1O[C@@H](O[C@@H]2CC[C@@]3(C)[C@H](CC[C@H]4[C@@H]5CC[C@H](C(=N)COC(C)=O)[C@@]5(C)CC(=O)[C@@H]43)C2)[C@H](OC(C)=O)[C@@H](OC(C)=O)[C@@H]1OC(C)=O. The van der Waals surface area contributed by atoms with E-state index in [0.29, 0.717) is 37.3 Å². The van der Waals surface area contributed by atoms with Gasteiger partial charge in [0.1, 0.15) is 12.4 Å². The number of rotatable bonds is 9. The molecule has 1 N–H and O–H groups in total. The molecule has 0 unspecified atom stereocenters. The van der Waals surface area contributed by atoms with Crippen LogP contribution >= 0.6 is 0 Å². The highest BCUT2D eigenvalue weighted by atomic mass is 16.7. The van der Waals surface area contributed by atoms with Crippen molar-refractivity contribution in [3.05, 3.63) is 0 Å². The number of ether oxygens (including phenoxy) is 7. The molecule has 0 radical (unpaired) electrons. The molecule has 14 heteroatoms. The molecule has 50 heavy (non-hydrogen) atoms. The number of carbonyl (C=O) groups excluding carboxylic acids is 6. The normalized spacial score (nSPS) is 40.6. The molecule has 4 aliphatic carbocycles. The highest BCUT2D eigenvalue weighted by molar-refractivity contribution is 5.90. The third kappa shape index (κ3) is 7.19. The average Bonchev–Trinajstić information content (AvgIpc) is 3.37. The van der Waals surface area contributed by atoms with Crippen LogP contribution in [0.4, 0.5) is 0 Å². The highest BCUT2D eigenvalue weighted by Gasteiger charge is 2.64. The minimum Gasteiger partial charge on any atom is -0.467 e. The lowest BCUT2D eigenvalue weighted by Gasteiger charge is -2.60. The van der Waals surface area contributed by atoms with Gasteiger partial charge >= 0.3 is 29.8 Å². The summed E-state index contributed by atoms with van der Waals surface area (Å²) in [5.74, 6) is -2.94. The Balaban J connectivity index is 1.34. The second-order valence-electron chi connectivity index (χ2n) is 15.3. The van der Waals surface area contributed by atoms with Crippen LogP contribution in [-0.4, -0.2) is 91.9 Å². The van der Waals surface area contributed by atoms with Crippen molar-refractivity contribution in [2.75, 3.05) is 13.7 Å². The summed E-state index contributed by atoms with van der Waals surface area (Å²) in [5.41, 5.74) is -0.236. The number of hydrogen-bond donors (Lipinski definition) is 1. The van der Waals surface area contributed by atoms with Gasteiger partial charge in [-0.1, -0.05) is 13.8 Å². The second-order valence-corrected chi connectivity index (χ2v) is 15.3. The van der Waals surface area contributed by atoms with Crippen LogP contribution in [0.5, 0.6) is 0 Å². The van der Waals surface area contributed by atoms with Crippen LogP contribution in [0.3, 0.4) is 0 Å². The van der Waals surface area contributed by atoms with E-state index in [1.807, 2.05) is 0 Å². The smallest absolute Gasteiger partial charge is 0.339 e. The lowest BCUT2D eigenvalue weighted by atomic mass is 9.44. The summed E-state index contributed by atoms with van der Waals surface area (Å²) in [7, 11) is 1.14. The van der Waals surface area contributed by atoms with E-state index in [4.69, 9.17) is 38.6 Å². The highest BCUT2D eigenvalue weighted by Crippen LogP contribution is 2.66. The van der Waals surface area contributed by atoms with Crippen molar-refractivity contribution in [1.82, 2.24) is 0 Å². The fourth-order valence-corrected chi connectivity index (χ4v) is 10.4. The number of fused-ring (bicyclic) bond motifs is 5. The molecule has 5 rings (SSSR count). The van der Waals surface area contributed by atoms with Gasteiger partial charge in [-0.05, 0) is 73.5 Å². The van der Waals surface area contributed by atoms with Crippen molar-refractivity contribution in [3.8, 4) is 0 Å².